The fraction of sp³-hybridized carbons (Fsp3) is 0.700. The van der Waals surface area contributed by atoms with E-state index in [1.807, 2.05) is 6.92 Å². The van der Waals surface area contributed by atoms with Crippen LogP contribution in [0.5, 0.6) is 0 Å². The number of anilines is 1. The molecule has 1 rings (SSSR count). The Morgan fingerprint density at radius 1 is 1.61 bits per heavy atom. The number of nitrogens with zero attached hydrogens (tertiary/aromatic N) is 2. The number of nitrogens with one attached hydrogen (secondary N) is 1. The molecule has 0 saturated carbocycles. The second-order valence-electron chi connectivity index (χ2n) is 4.74. The fourth-order valence-electron chi connectivity index (χ4n) is 1.27. The van der Waals surface area contributed by atoms with Crippen molar-refractivity contribution in [1.82, 2.24) is 14.5 Å². The van der Waals surface area contributed by atoms with Gasteiger partial charge in [-0.1, -0.05) is 0 Å². The van der Waals surface area contributed by atoms with Gasteiger partial charge in [0, 0.05) is 12.7 Å². The lowest BCUT2D eigenvalue weighted by atomic mass is 10.0. The maximum absolute atomic E-state index is 12.1. The summed E-state index contributed by atoms with van der Waals surface area (Å²) in [6.45, 7) is 7.06. The second-order valence-corrected chi connectivity index (χ2v) is 6.39. The molecule has 0 spiro atoms. The molecule has 18 heavy (non-hydrogen) atoms. The van der Waals surface area contributed by atoms with Crippen LogP contribution in [0, 0.1) is 0 Å². The molecular formula is C10H20N4O3S. The van der Waals surface area contributed by atoms with E-state index < -0.39 is 21.7 Å². The van der Waals surface area contributed by atoms with Gasteiger partial charge in [0.1, 0.15) is 4.90 Å². The summed E-state index contributed by atoms with van der Waals surface area (Å²) in [7, 11) is -3.80. The molecule has 7 nitrogen and oxygen atoms in total. The molecule has 1 aromatic rings. The Morgan fingerprint density at radius 2 is 2.17 bits per heavy atom. The Morgan fingerprint density at radius 3 is 2.56 bits per heavy atom. The minimum atomic E-state index is -3.80. The summed E-state index contributed by atoms with van der Waals surface area (Å²) in [6.07, 6.45) is 0.533. The van der Waals surface area contributed by atoms with Crippen LogP contribution in [0.15, 0.2) is 11.1 Å². The van der Waals surface area contributed by atoms with Crippen LogP contribution < -0.4 is 10.5 Å². The Balaban J connectivity index is 3.11. The Labute approximate surface area is 107 Å². The van der Waals surface area contributed by atoms with Gasteiger partial charge in [-0.25, -0.2) is 13.1 Å². The highest BCUT2D eigenvalue weighted by molar-refractivity contribution is 7.89. The topological polar surface area (TPSA) is 110 Å². The van der Waals surface area contributed by atoms with E-state index in [1.54, 1.807) is 13.8 Å². The first-order valence-electron chi connectivity index (χ1n) is 5.65. The standard InChI is InChI=1S/C10H20N4O3S/c1-5-14-6-8(9(11)12-14)18(16,17)13-10(3,4)7(2)15/h6-7,13,15H,5H2,1-4H3,(H2,11,12). The molecule has 0 radical (unpaired) electrons. The van der Waals surface area contributed by atoms with Crippen molar-refractivity contribution in [2.45, 2.75) is 50.8 Å². The van der Waals surface area contributed by atoms with Gasteiger partial charge in [0.2, 0.25) is 10.0 Å². The van der Waals surface area contributed by atoms with Crippen LogP contribution in [0.3, 0.4) is 0 Å². The van der Waals surface area contributed by atoms with E-state index >= 15 is 0 Å². The summed E-state index contributed by atoms with van der Waals surface area (Å²) in [5, 5.41) is 13.4. The largest absolute Gasteiger partial charge is 0.391 e. The van der Waals surface area contributed by atoms with Gasteiger partial charge < -0.3 is 10.8 Å². The fourth-order valence-corrected chi connectivity index (χ4v) is 2.82. The minimum Gasteiger partial charge on any atom is -0.391 e. The number of nitrogens with two attached hydrogens (primary N) is 1. The lowest BCUT2D eigenvalue weighted by molar-refractivity contribution is 0.111. The van der Waals surface area contributed by atoms with Gasteiger partial charge in [-0.15, -0.1) is 0 Å². The maximum atomic E-state index is 12.1. The molecule has 0 aliphatic heterocycles. The molecule has 0 aliphatic rings. The molecule has 4 N–H and O–H groups in total. The SMILES string of the molecule is CCn1cc(S(=O)(=O)NC(C)(C)C(C)O)c(N)n1. The number of nitrogen functional groups attached to an aromatic ring is 1. The summed E-state index contributed by atoms with van der Waals surface area (Å²) < 4.78 is 28.2. The average molecular weight is 276 g/mol. The van der Waals surface area contributed by atoms with Crippen LogP contribution >= 0.6 is 0 Å². The number of aliphatic hydroxyl groups is 1. The van der Waals surface area contributed by atoms with Gasteiger partial charge in [-0.2, -0.15) is 5.10 Å². The molecule has 1 unspecified atom stereocenters. The quantitative estimate of drug-likeness (QED) is 0.697. The smallest absolute Gasteiger partial charge is 0.246 e. The number of hydrogen-bond donors (Lipinski definition) is 3. The van der Waals surface area contributed by atoms with Crippen molar-refractivity contribution in [2.24, 2.45) is 0 Å². The zero-order valence-electron chi connectivity index (χ0n) is 11.0. The van der Waals surface area contributed by atoms with Crippen LogP contribution in [0.1, 0.15) is 27.7 Å². The van der Waals surface area contributed by atoms with Gasteiger partial charge in [0.05, 0.1) is 11.6 Å². The van der Waals surface area contributed by atoms with Crippen molar-refractivity contribution >= 4 is 15.8 Å². The van der Waals surface area contributed by atoms with Gasteiger partial charge >= 0.3 is 0 Å². The van der Waals surface area contributed by atoms with Gasteiger partial charge in [0.15, 0.2) is 5.82 Å². The summed E-state index contributed by atoms with van der Waals surface area (Å²) >= 11 is 0. The van der Waals surface area contributed by atoms with E-state index in [4.69, 9.17) is 5.73 Å². The maximum Gasteiger partial charge on any atom is 0.246 e. The predicted octanol–water partition coefficient (Wildman–Crippen LogP) is -0.0771. The Kier molecular flexibility index (Phi) is 4.04. The zero-order chi connectivity index (χ0) is 14.1. The van der Waals surface area contributed by atoms with E-state index in [0.29, 0.717) is 6.54 Å². The van der Waals surface area contributed by atoms with Crippen molar-refractivity contribution in [1.29, 1.82) is 0 Å². The molecule has 1 atom stereocenters. The van der Waals surface area contributed by atoms with E-state index in [-0.39, 0.29) is 10.7 Å². The van der Waals surface area contributed by atoms with Crippen molar-refractivity contribution in [3.8, 4) is 0 Å². The first-order chi connectivity index (χ1) is 8.10. The highest BCUT2D eigenvalue weighted by Crippen LogP contribution is 2.20. The van der Waals surface area contributed by atoms with Gasteiger partial charge in [-0.05, 0) is 27.7 Å². The molecule has 0 fully saturated rings. The second kappa shape index (κ2) is 4.87. The molecule has 0 bridgehead atoms. The summed E-state index contributed by atoms with van der Waals surface area (Å²) in [6, 6.07) is 0. The summed E-state index contributed by atoms with van der Waals surface area (Å²) in [5.41, 5.74) is 4.60. The highest BCUT2D eigenvalue weighted by atomic mass is 32.2. The molecule has 0 aromatic carbocycles. The number of aliphatic hydroxyl groups excluding tert-OH is 1. The molecule has 0 saturated heterocycles. The van der Waals surface area contributed by atoms with E-state index in [9.17, 15) is 13.5 Å². The third kappa shape index (κ3) is 3.01. The lowest BCUT2D eigenvalue weighted by Crippen LogP contribution is -2.50. The summed E-state index contributed by atoms with van der Waals surface area (Å²) in [5.74, 6) is -0.0502. The Hall–Kier alpha value is -1.12. The van der Waals surface area contributed by atoms with Gasteiger partial charge in [0.25, 0.3) is 0 Å². The minimum absolute atomic E-state index is 0.0502. The molecule has 0 amide bonds. The van der Waals surface area contributed by atoms with E-state index in [0.717, 1.165) is 0 Å². The van der Waals surface area contributed by atoms with Crippen molar-refractivity contribution in [3.63, 3.8) is 0 Å². The van der Waals surface area contributed by atoms with Crippen molar-refractivity contribution < 1.29 is 13.5 Å². The van der Waals surface area contributed by atoms with Crippen molar-refractivity contribution in [3.05, 3.63) is 6.20 Å². The first kappa shape index (κ1) is 14.9. The summed E-state index contributed by atoms with van der Waals surface area (Å²) in [4.78, 5) is -0.0712. The van der Waals surface area contributed by atoms with E-state index in [1.165, 1.54) is 17.8 Å². The molecule has 0 aliphatic carbocycles. The molecule has 1 heterocycles. The molecule has 104 valence electrons. The number of aromatic nitrogens is 2. The van der Waals surface area contributed by atoms with Crippen molar-refractivity contribution in [2.75, 3.05) is 5.73 Å². The number of rotatable bonds is 5. The van der Waals surface area contributed by atoms with Crippen LogP contribution in [-0.2, 0) is 16.6 Å². The van der Waals surface area contributed by atoms with E-state index in [2.05, 4.69) is 9.82 Å². The third-order valence-electron chi connectivity index (χ3n) is 2.81. The third-order valence-corrected chi connectivity index (χ3v) is 4.50. The Bertz CT molecular complexity index is 519. The number of sulfonamides is 1. The van der Waals surface area contributed by atoms with Crippen LogP contribution in [0.4, 0.5) is 5.82 Å². The number of hydrogen-bond acceptors (Lipinski definition) is 5. The molecule has 1 aromatic heterocycles. The highest BCUT2D eigenvalue weighted by Gasteiger charge is 2.32. The lowest BCUT2D eigenvalue weighted by Gasteiger charge is -2.28. The monoisotopic (exact) mass is 276 g/mol. The first-order valence-corrected chi connectivity index (χ1v) is 7.13. The van der Waals surface area contributed by atoms with Gasteiger partial charge in [-0.3, -0.25) is 4.68 Å². The average Bonchev–Trinajstić information content (AvgIpc) is 2.58. The number of aryl methyl sites for hydroxylation is 1. The van der Waals surface area contributed by atoms with Crippen LogP contribution in [0.2, 0.25) is 0 Å². The normalized spacial score (nSPS) is 14.7. The molecule has 8 heteroatoms. The van der Waals surface area contributed by atoms with Crippen LogP contribution in [0.25, 0.3) is 0 Å². The predicted molar refractivity (Wildman–Crippen MR) is 68.4 cm³/mol. The zero-order valence-corrected chi connectivity index (χ0v) is 11.8. The van der Waals surface area contributed by atoms with Crippen LogP contribution in [-0.4, -0.2) is 34.9 Å². The molecular weight excluding hydrogens is 256 g/mol.